The third-order valence-corrected chi connectivity index (χ3v) is 2.88. The molecule has 3 nitrogen and oxygen atoms in total. The van der Waals surface area contributed by atoms with E-state index in [-0.39, 0.29) is 18.8 Å². The van der Waals surface area contributed by atoms with Gasteiger partial charge in [0.05, 0.1) is 13.0 Å². The summed E-state index contributed by atoms with van der Waals surface area (Å²) in [5.74, 6) is -1.30. The molecule has 2 aromatic rings. The number of carboxylic acid groups (broad SMARTS) is 1. The monoisotopic (exact) mass is 260 g/mol. The zero-order valence-electron chi connectivity index (χ0n) is 10.1. The van der Waals surface area contributed by atoms with E-state index in [0.29, 0.717) is 22.3 Å². The van der Waals surface area contributed by atoms with Crippen molar-refractivity contribution in [3.05, 3.63) is 59.4 Å². The first-order valence-corrected chi connectivity index (χ1v) is 5.81. The number of rotatable bonds is 4. The first-order chi connectivity index (χ1) is 9.11. The van der Waals surface area contributed by atoms with Crippen molar-refractivity contribution in [1.29, 1.82) is 0 Å². The molecule has 0 aliphatic carbocycles. The lowest BCUT2D eigenvalue weighted by atomic mass is 9.93. The predicted molar refractivity (Wildman–Crippen MR) is 69.1 cm³/mol. The molecule has 0 atom stereocenters. The van der Waals surface area contributed by atoms with Gasteiger partial charge in [-0.05, 0) is 34.4 Å². The molecule has 0 fully saturated rings. The summed E-state index contributed by atoms with van der Waals surface area (Å²) in [6.45, 7) is -0.194. The number of carboxylic acids is 1. The largest absolute Gasteiger partial charge is 0.481 e. The molecule has 2 rings (SSSR count). The Balaban J connectivity index is 2.57. The Morgan fingerprint density at radius 2 is 1.68 bits per heavy atom. The van der Waals surface area contributed by atoms with Crippen molar-refractivity contribution < 1.29 is 19.4 Å². The summed E-state index contributed by atoms with van der Waals surface area (Å²) in [5, 5.41) is 18.3. The van der Waals surface area contributed by atoms with E-state index in [2.05, 4.69) is 0 Å². The average molecular weight is 260 g/mol. The highest BCUT2D eigenvalue weighted by molar-refractivity contribution is 5.78. The van der Waals surface area contributed by atoms with Gasteiger partial charge in [-0.1, -0.05) is 30.3 Å². The van der Waals surface area contributed by atoms with Crippen LogP contribution in [-0.2, 0) is 17.8 Å². The molecule has 2 aromatic carbocycles. The summed E-state index contributed by atoms with van der Waals surface area (Å²) < 4.78 is 13.0. The van der Waals surface area contributed by atoms with Crippen LogP contribution in [0.4, 0.5) is 4.39 Å². The first-order valence-electron chi connectivity index (χ1n) is 5.81. The van der Waals surface area contributed by atoms with Crippen LogP contribution in [0.15, 0.2) is 42.5 Å². The number of halogens is 1. The Bertz CT molecular complexity index is 591. The quantitative estimate of drug-likeness (QED) is 0.888. The van der Waals surface area contributed by atoms with Crippen molar-refractivity contribution in [1.82, 2.24) is 0 Å². The zero-order valence-corrected chi connectivity index (χ0v) is 10.1. The topological polar surface area (TPSA) is 57.5 Å². The van der Waals surface area contributed by atoms with Crippen LogP contribution in [0.5, 0.6) is 0 Å². The number of hydrogen-bond donors (Lipinski definition) is 2. The van der Waals surface area contributed by atoms with Gasteiger partial charge in [-0.2, -0.15) is 0 Å². The van der Waals surface area contributed by atoms with Gasteiger partial charge in [-0.3, -0.25) is 4.79 Å². The zero-order chi connectivity index (χ0) is 13.8. The van der Waals surface area contributed by atoms with Gasteiger partial charge in [0.15, 0.2) is 0 Å². The number of hydrogen-bond acceptors (Lipinski definition) is 2. The van der Waals surface area contributed by atoms with Crippen LogP contribution in [0.25, 0.3) is 11.1 Å². The summed E-state index contributed by atoms with van der Waals surface area (Å²) in [5.41, 5.74) is 2.59. The van der Waals surface area contributed by atoms with Crippen LogP contribution in [-0.4, -0.2) is 16.2 Å². The van der Waals surface area contributed by atoms with Crippen molar-refractivity contribution in [3.8, 4) is 11.1 Å². The fraction of sp³-hybridized carbons (Fsp3) is 0.133. The third kappa shape index (κ3) is 2.98. The number of aliphatic hydroxyl groups excluding tert-OH is 1. The molecule has 0 amide bonds. The maximum absolute atomic E-state index is 13.0. The van der Waals surface area contributed by atoms with Gasteiger partial charge in [0.2, 0.25) is 0 Å². The summed E-state index contributed by atoms with van der Waals surface area (Å²) in [7, 11) is 0. The summed E-state index contributed by atoms with van der Waals surface area (Å²) in [6.07, 6.45) is -0.138. The van der Waals surface area contributed by atoms with Gasteiger partial charge >= 0.3 is 5.97 Å². The minimum atomic E-state index is -0.946. The van der Waals surface area contributed by atoms with Gasteiger partial charge in [-0.15, -0.1) is 0 Å². The SMILES string of the molecule is O=C(O)Cc1cccc(CO)c1-c1ccc(F)cc1. The molecule has 0 saturated carbocycles. The standard InChI is InChI=1S/C15H13FO3/c16-13-6-4-10(5-7-13)15-11(8-14(18)19)2-1-3-12(15)9-17/h1-7,17H,8-9H2,(H,18,19). The molecule has 0 spiro atoms. The van der Waals surface area contributed by atoms with Crippen molar-refractivity contribution in [2.24, 2.45) is 0 Å². The summed E-state index contributed by atoms with van der Waals surface area (Å²) in [4.78, 5) is 10.9. The highest BCUT2D eigenvalue weighted by atomic mass is 19.1. The molecule has 0 radical (unpaired) electrons. The number of aliphatic hydroxyl groups is 1. The smallest absolute Gasteiger partial charge is 0.307 e. The van der Waals surface area contributed by atoms with E-state index >= 15 is 0 Å². The molecule has 0 saturated heterocycles. The minimum absolute atomic E-state index is 0.138. The number of carbonyl (C=O) groups is 1. The Labute approximate surface area is 109 Å². The second kappa shape index (κ2) is 5.63. The fourth-order valence-corrected chi connectivity index (χ4v) is 2.08. The van der Waals surface area contributed by atoms with E-state index in [1.165, 1.54) is 12.1 Å². The molecule has 4 heteroatoms. The molecule has 19 heavy (non-hydrogen) atoms. The lowest BCUT2D eigenvalue weighted by molar-refractivity contribution is -0.136. The normalized spacial score (nSPS) is 10.4. The first kappa shape index (κ1) is 13.2. The summed E-state index contributed by atoms with van der Waals surface area (Å²) >= 11 is 0. The van der Waals surface area contributed by atoms with E-state index in [1.54, 1.807) is 30.3 Å². The van der Waals surface area contributed by atoms with Crippen molar-refractivity contribution in [2.45, 2.75) is 13.0 Å². The maximum Gasteiger partial charge on any atom is 0.307 e. The molecular weight excluding hydrogens is 247 g/mol. The highest BCUT2D eigenvalue weighted by Gasteiger charge is 2.12. The Hall–Kier alpha value is -2.20. The van der Waals surface area contributed by atoms with Crippen molar-refractivity contribution in [2.75, 3.05) is 0 Å². The van der Waals surface area contributed by atoms with Gasteiger partial charge in [0.1, 0.15) is 5.82 Å². The molecule has 0 aliphatic heterocycles. The fourth-order valence-electron chi connectivity index (χ4n) is 2.08. The molecule has 0 aliphatic rings. The second-order valence-corrected chi connectivity index (χ2v) is 4.19. The van der Waals surface area contributed by atoms with E-state index in [0.717, 1.165) is 0 Å². The van der Waals surface area contributed by atoms with Gasteiger partial charge in [0.25, 0.3) is 0 Å². The minimum Gasteiger partial charge on any atom is -0.481 e. The predicted octanol–water partition coefficient (Wildman–Crippen LogP) is 2.61. The molecular formula is C15H13FO3. The van der Waals surface area contributed by atoms with E-state index in [9.17, 15) is 14.3 Å². The maximum atomic E-state index is 13.0. The number of aliphatic carboxylic acids is 1. The Morgan fingerprint density at radius 1 is 1.05 bits per heavy atom. The molecule has 0 bridgehead atoms. The molecule has 0 heterocycles. The Morgan fingerprint density at radius 3 is 2.26 bits per heavy atom. The van der Waals surface area contributed by atoms with E-state index in [4.69, 9.17) is 5.11 Å². The van der Waals surface area contributed by atoms with E-state index in [1.807, 2.05) is 0 Å². The highest BCUT2D eigenvalue weighted by Crippen LogP contribution is 2.28. The van der Waals surface area contributed by atoms with Crippen LogP contribution in [0.3, 0.4) is 0 Å². The number of benzene rings is 2. The molecule has 0 unspecified atom stereocenters. The van der Waals surface area contributed by atoms with Crippen molar-refractivity contribution in [3.63, 3.8) is 0 Å². The third-order valence-electron chi connectivity index (χ3n) is 2.88. The van der Waals surface area contributed by atoms with Crippen LogP contribution in [0.2, 0.25) is 0 Å². The van der Waals surface area contributed by atoms with Crippen LogP contribution >= 0.6 is 0 Å². The van der Waals surface area contributed by atoms with Crippen LogP contribution < -0.4 is 0 Å². The van der Waals surface area contributed by atoms with Crippen LogP contribution in [0, 0.1) is 5.82 Å². The average Bonchev–Trinajstić information content (AvgIpc) is 2.39. The lowest BCUT2D eigenvalue weighted by Crippen LogP contribution is -2.04. The van der Waals surface area contributed by atoms with Gasteiger partial charge in [0, 0.05) is 0 Å². The van der Waals surface area contributed by atoms with Gasteiger partial charge < -0.3 is 10.2 Å². The Kier molecular flexibility index (Phi) is 3.92. The van der Waals surface area contributed by atoms with Crippen LogP contribution in [0.1, 0.15) is 11.1 Å². The lowest BCUT2D eigenvalue weighted by Gasteiger charge is -2.13. The molecule has 0 aromatic heterocycles. The molecule has 98 valence electrons. The van der Waals surface area contributed by atoms with Crippen molar-refractivity contribution >= 4 is 5.97 Å². The van der Waals surface area contributed by atoms with E-state index < -0.39 is 5.97 Å². The molecule has 2 N–H and O–H groups in total. The summed E-state index contributed by atoms with van der Waals surface area (Å²) in [6, 6.07) is 10.9. The second-order valence-electron chi connectivity index (χ2n) is 4.19. The van der Waals surface area contributed by atoms with Gasteiger partial charge in [-0.25, -0.2) is 4.39 Å².